The normalized spacial score (nSPS) is 24.2. The molecular formula is C13H15N3O2. The summed E-state index contributed by atoms with van der Waals surface area (Å²) < 4.78 is 0. The minimum absolute atomic E-state index is 0.0484. The van der Waals surface area contributed by atoms with Crippen LogP contribution in [-0.4, -0.2) is 27.3 Å². The molecule has 2 heterocycles. The Balaban J connectivity index is 1.92. The Bertz CT molecular complexity index is 578. The number of H-pyrrole nitrogens is 1. The maximum absolute atomic E-state index is 11.0. The van der Waals surface area contributed by atoms with E-state index in [2.05, 4.69) is 15.5 Å². The summed E-state index contributed by atoms with van der Waals surface area (Å²) in [6.07, 6.45) is 2.55. The second-order valence-corrected chi connectivity index (χ2v) is 4.70. The van der Waals surface area contributed by atoms with Crippen LogP contribution in [0.15, 0.2) is 24.3 Å². The molecule has 0 aliphatic carbocycles. The van der Waals surface area contributed by atoms with E-state index in [1.807, 2.05) is 24.3 Å². The van der Waals surface area contributed by atoms with E-state index < -0.39 is 12.0 Å². The highest BCUT2D eigenvalue weighted by molar-refractivity contribution is 5.81. The number of hydrogen-bond acceptors (Lipinski definition) is 3. The lowest BCUT2D eigenvalue weighted by molar-refractivity contribution is -0.140. The summed E-state index contributed by atoms with van der Waals surface area (Å²) in [6, 6.07) is 7.48. The van der Waals surface area contributed by atoms with Gasteiger partial charge in [-0.25, -0.2) is 0 Å². The Labute approximate surface area is 104 Å². The van der Waals surface area contributed by atoms with Gasteiger partial charge in [0.05, 0.1) is 17.3 Å². The third-order valence-electron chi connectivity index (χ3n) is 3.53. The van der Waals surface area contributed by atoms with Crippen LogP contribution in [0.2, 0.25) is 0 Å². The summed E-state index contributed by atoms with van der Waals surface area (Å²) in [4.78, 5) is 11.0. The van der Waals surface area contributed by atoms with Crippen LogP contribution in [0.3, 0.4) is 0 Å². The number of para-hydroxylation sites is 1. The van der Waals surface area contributed by atoms with Gasteiger partial charge in [0.1, 0.15) is 6.04 Å². The lowest BCUT2D eigenvalue weighted by atomic mass is 9.95. The van der Waals surface area contributed by atoms with Gasteiger partial charge < -0.3 is 5.11 Å². The fraction of sp³-hybridized carbons (Fsp3) is 0.385. The number of aromatic amines is 1. The highest BCUT2D eigenvalue weighted by atomic mass is 16.4. The number of fused-ring (bicyclic) bond motifs is 1. The van der Waals surface area contributed by atoms with Crippen LogP contribution in [-0.2, 0) is 4.79 Å². The fourth-order valence-corrected chi connectivity index (χ4v) is 2.60. The van der Waals surface area contributed by atoms with Gasteiger partial charge in [0, 0.05) is 5.39 Å². The van der Waals surface area contributed by atoms with Crippen LogP contribution in [0.25, 0.3) is 10.9 Å². The first-order valence-corrected chi connectivity index (χ1v) is 6.17. The number of nitrogens with zero attached hydrogens (tertiary/aromatic N) is 1. The number of carboxylic acid groups (broad SMARTS) is 1. The van der Waals surface area contributed by atoms with Crippen LogP contribution >= 0.6 is 0 Å². The summed E-state index contributed by atoms with van der Waals surface area (Å²) >= 11 is 0. The Morgan fingerprint density at radius 1 is 1.33 bits per heavy atom. The number of nitrogens with one attached hydrogen (secondary N) is 2. The van der Waals surface area contributed by atoms with Crippen LogP contribution < -0.4 is 5.32 Å². The molecule has 0 amide bonds. The van der Waals surface area contributed by atoms with Gasteiger partial charge in [0.2, 0.25) is 0 Å². The average molecular weight is 245 g/mol. The number of aliphatic carboxylic acids is 1. The molecule has 2 atom stereocenters. The smallest absolute Gasteiger partial charge is 0.320 e. The first-order valence-electron chi connectivity index (χ1n) is 6.17. The molecule has 1 aromatic heterocycles. The minimum atomic E-state index is -0.775. The molecule has 2 aromatic rings. The summed E-state index contributed by atoms with van der Waals surface area (Å²) in [5.74, 6) is -0.775. The highest BCUT2D eigenvalue weighted by Crippen LogP contribution is 2.29. The second-order valence-electron chi connectivity index (χ2n) is 4.70. The predicted molar refractivity (Wildman–Crippen MR) is 67.2 cm³/mol. The molecule has 2 unspecified atom stereocenters. The molecule has 1 saturated heterocycles. The van der Waals surface area contributed by atoms with Gasteiger partial charge in [-0.05, 0) is 25.3 Å². The van der Waals surface area contributed by atoms with Crippen molar-refractivity contribution in [3.63, 3.8) is 0 Å². The lowest BCUT2D eigenvalue weighted by Crippen LogP contribution is -2.42. The molecule has 18 heavy (non-hydrogen) atoms. The molecule has 0 spiro atoms. The van der Waals surface area contributed by atoms with Gasteiger partial charge >= 0.3 is 5.97 Å². The number of carboxylic acids is 1. The van der Waals surface area contributed by atoms with E-state index in [1.54, 1.807) is 0 Å². The maximum atomic E-state index is 11.0. The van der Waals surface area contributed by atoms with Gasteiger partial charge in [-0.2, -0.15) is 5.10 Å². The minimum Gasteiger partial charge on any atom is -0.480 e. The Morgan fingerprint density at radius 2 is 2.17 bits per heavy atom. The molecule has 1 fully saturated rings. The standard InChI is InChI=1S/C13H15N3O2/c17-13(18)11-7-3-6-10(14-11)12-8-4-1-2-5-9(8)15-16-12/h1-2,4-5,10-11,14H,3,6-7H2,(H,15,16)(H,17,18). The third-order valence-corrected chi connectivity index (χ3v) is 3.53. The second kappa shape index (κ2) is 4.42. The Morgan fingerprint density at radius 3 is 3.00 bits per heavy atom. The molecule has 5 heteroatoms. The molecule has 1 aromatic carbocycles. The number of piperidine rings is 1. The quantitative estimate of drug-likeness (QED) is 0.754. The molecule has 94 valence electrons. The van der Waals surface area contributed by atoms with E-state index >= 15 is 0 Å². The van der Waals surface area contributed by atoms with Crippen molar-refractivity contribution < 1.29 is 9.90 Å². The SMILES string of the molecule is O=C(O)C1CCCC(c2[nH]nc3ccccc23)N1. The summed E-state index contributed by atoms with van der Waals surface area (Å²) in [5.41, 5.74) is 1.92. The maximum Gasteiger partial charge on any atom is 0.320 e. The van der Waals surface area contributed by atoms with Gasteiger partial charge in [-0.3, -0.25) is 15.2 Å². The zero-order valence-corrected chi connectivity index (χ0v) is 9.89. The molecular weight excluding hydrogens is 230 g/mol. The van der Waals surface area contributed by atoms with E-state index in [4.69, 9.17) is 5.11 Å². The third kappa shape index (κ3) is 1.86. The van der Waals surface area contributed by atoms with Crippen molar-refractivity contribution in [1.29, 1.82) is 0 Å². The van der Waals surface area contributed by atoms with Crippen LogP contribution in [0.4, 0.5) is 0 Å². The van der Waals surface area contributed by atoms with Gasteiger partial charge in [0.25, 0.3) is 0 Å². The highest BCUT2D eigenvalue weighted by Gasteiger charge is 2.28. The van der Waals surface area contributed by atoms with E-state index in [0.717, 1.165) is 29.4 Å². The number of benzene rings is 1. The zero-order valence-electron chi connectivity index (χ0n) is 9.89. The van der Waals surface area contributed by atoms with Crippen molar-refractivity contribution in [2.45, 2.75) is 31.3 Å². The monoisotopic (exact) mass is 245 g/mol. The predicted octanol–water partition coefficient (Wildman–Crippen LogP) is 1.83. The molecule has 0 saturated carbocycles. The molecule has 0 radical (unpaired) electrons. The van der Waals surface area contributed by atoms with E-state index in [0.29, 0.717) is 6.42 Å². The summed E-state index contributed by atoms with van der Waals surface area (Å²) in [7, 11) is 0. The zero-order chi connectivity index (χ0) is 12.5. The first-order chi connectivity index (χ1) is 8.75. The van der Waals surface area contributed by atoms with E-state index in [1.165, 1.54) is 0 Å². The summed E-state index contributed by atoms with van der Waals surface area (Å²) in [5, 5.41) is 20.6. The van der Waals surface area contributed by atoms with Crippen molar-refractivity contribution in [3.05, 3.63) is 30.0 Å². The Kier molecular flexibility index (Phi) is 2.76. The van der Waals surface area contributed by atoms with Crippen molar-refractivity contribution in [3.8, 4) is 0 Å². The van der Waals surface area contributed by atoms with Crippen LogP contribution in [0.5, 0.6) is 0 Å². The van der Waals surface area contributed by atoms with Gasteiger partial charge in [-0.15, -0.1) is 0 Å². The van der Waals surface area contributed by atoms with Gasteiger partial charge in [0.15, 0.2) is 0 Å². The Hall–Kier alpha value is -1.88. The fourth-order valence-electron chi connectivity index (χ4n) is 2.60. The van der Waals surface area contributed by atoms with Crippen molar-refractivity contribution in [2.75, 3.05) is 0 Å². The van der Waals surface area contributed by atoms with Crippen LogP contribution in [0, 0.1) is 0 Å². The largest absolute Gasteiger partial charge is 0.480 e. The molecule has 1 aliphatic rings. The summed E-state index contributed by atoms with van der Waals surface area (Å²) in [6.45, 7) is 0. The lowest BCUT2D eigenvalue weighted by Gasteiger charge is -2.27. The van der Waals surface area contributed by atoms with Crippen molar-refractivity contribution in [1.82, 2.24) is 15.5 Å². The number of hydrogen-bond donors (Lipinski definition) is 3. The topological polar surface area (TPSA) is 78.0 Å². The van der Waals surface area contributed by atoms with E-state index in [-0.39, 0.29) is 6.04 Å². The molecule has 3 N–H and O–H groups in total. The number of rotatable bonds is 2. The van der Waals surface area contributed by atoms with Crippen molar-refractivity contribution >= 4 is 16.9 Å². The van der Waals surface area contributed by atoms with Gasteiger partial charge in [-0.1, -0.05) is 18.2 Å². The van der Waals surface area contributed by atoms with E-state index in [9.17, 15) is 4.79 Å². The van der Waals surface area contributed by atoms with Crippen molar-refractivity contribution in [2.24, 2.45) is 0 Å². The molecule has 0 bridgehead atoms. The molecule has 5 nitrogen and oxygen atoms in total. The molecule has 3 rings (SSSR count). The average Bonchev–Trinajstić information content (AvgIpc) is 2.82. The number of aromatic nitrogens is 2. The van der Waals surface area contributed by atoms with Crippen LogP contribution in [0.1, 0.15) is 31.0 Å². The number of carbonyl (C=O) groups is 1. The molecule has 1 aliphatic heterocycles. The first kappa shape index (κ1) is 11.2.